The maximum atomic E-state index is 5.05. The molecule has 1 aliphatic carbocycles. The summed E-state index contributed by atoms with van der Waals surface area (Å²) in [6, 6.07) is 45.5. The highest BCUT2D eigenvalue weighted by molar-refractivity contribution is 6.13. The number of benzene rings is 5. The van der Waals surface area contributed by atoms with E-state index >= 15 is 0 Å². The summed E-state index contributed by atoms with van der Waals surface area (Å²) in [5, 5.41) is 1.13. The van der Waals surface area contributed by atoms with Crippen molar-refractivity contribution in [1.82, 2.24) is 19.9 Å². The Kier molecular flexibility index (Phi) is 5.10. The smallest absolute Gasteiger partial charge is 0.160 e. The zero-order valence-electron chi connectivity index (χ0n) is 21.5. The summed E-state index contributed by atoms with van der Waals surface area (Å²) < 4.78 is 0. The summed E-state index contributed by atoms with van der Waals surface area (Å²) in [6.07, 6.45) is 0. The number of hydrogen-bond acceptors (Lipinski definition) is 4. The predicted octanol–water partition coefficient (Wildman–Crippen LogP) is 8.74. The molecule has 0 aliphatic heterocycles. The average molecular weight is 511 g/mol. The van der Waals surface area contributed by atoms with E-state index in [2.05, 4.69) is 97.1 Å². The number of fused-ring (bicyclic) bond motifs is 3. The van der Waals surface area contributed by atoms with Gasteiger partial charge in [-0.3, -0.25) is 0 Å². The summed E-state index contributed by atoms with van der Waals surface area (Å²) in [7, 11) is 0. The van der Waals surface area contributed by atoms with Crippen molar-refractivity contribution in [3.8, 4) is 67.7 Å². The fraction of sp³-hybridized carbons (Fsp3) is 0. The molecule has 0 amide bonds. The first-order valence-electron chi connectivity index (χ1n) is 13.3. The molecule has 0 spiro atoms. The summed E-state index contributed by atoms with van der Waals surface area (Å²) in [5.41, 5.74) is 11.3. The molecule has 1 aliphatic rings. The van der Waals surface area contributed by atoms with E-state index in [-0.39, 0.29) is 0 Å². The second-order valence-electron chi connectivity index (χ2n) is 9.91. The van der Waals surface area contributed by atoms with Gasteiger partial charge in [0, 0.05) is 33.2 Å². The summed E-state index contributed by atoms with van der Waals surface area (Å²) >= 11 is 0. The van der Waals surface area contributed by atoms with Crippen LogP contribution in [-0.4, -0.2) is 19.9 Å². The van der Waals surface area contributed by atoms with Gasteiger partial charge in [-0.25, -0.2) is 19.9 Å². The van der Waals surface area contributed by atoms with Crippen LogP contribution in [0, 0.1) is 0 Å². The molecule has 40 heavy (non-hydrogen) atoms. The Morgan fingerprint density at radius 1 is 0.350 bits per heavy atom. The van der Waals surface area contributed by atoms with E-state index in [4.69, 9.17) is 19.9 Å². The van der Waals surface area contributed by atoms with Crippen LogP contribution in [0.5, 0.6) is 0 Å². The van der Waals surface area contributed by atoms with Gasteiger partial charge in [-0.15, -0.1) is 0 Å². The minimum atomic E-state index is 0.684. The highest BCUT2D eigenvalue weighted by atomic mass is 14.9. The Morgan fingerprint density at radius 2 is 0.875 bits per heavy atom. The van der Waals surface area contributed by atoms with Gasteiger partial charge in [0.15, 0.2) is 11.6 Å². The Morgan fingerprint density at radius 3 is 1.50 bits per heavy atom. The number of nitrogens with zero attached hydrogens (tertiary/aromatic N) is 4. The number of hydrogen-bond donors (Lipinski definition) is 0. The van der Waals surface area contributed by atoms with Crippen molar-refractivity contribution >= 4 is 10.9 Å². The molecule has 7 aromatic rings. The molecule has 8 rings (SSSR count). The number of aromatic nitrogens is 4. The lowest BCUT2D eigenvalue weighted by atomic mass is 10.1. The van der Waals surface area contributed by atoms with Gasteiger partial charge in [-0.2, -0.15) is 0 Å². The average Bonchev–Trinajstić information content (AvgIpc) is 3.36. The van der Waals surface area contributed by atoms with Crippen LogP contribution < -0.4 is 0 Å². The van der Waals surface area contributed by atoms with E-state index in [1.54, 1.807) is 0 Å². The van der Waals surface area contributed by atoms with E-state index in [0.29, 0.717) is 11.6 Å². The fourth-order valence-electron chi connectivity index (χ4n) is 5.51. The van der Waals surface area contributed by atoms with Crippen LogP contribution in [0.4, 0.5) is 0 Å². The van der Waals surface area contributed by atoms with Crippen LogP contribution >= 0.6 is 0 Å². The van der Waals surface area contributed by atoms with Crippen LogP contribution in [0.15, 0.2) is 133 Å². The fourth-order valence-corrected chi connectivity index (χ4v) is 5.51. The molecular formula is C36H22N4. The van der Waals surface area contributed by atoms with Crippen LogP contribution in [-0.2, 0) is 0 Å². The molecule has 5 aromatic carbocycles. The van der Waals surface area contributed by atoms with Gasteiger partial charge in [0.2, 0.25) is 0 Å². The lowest BCUT2D eigenvalue weighted by Gasteiger charge is -2.10. The Bertz CT molecular complexity index is 1980. The molecule has 186 valence electrons. The quantitative estimate of drug-likeness (QED) is 0.237. The minimum absolute atomic E-state index is 0.684. The van der Waals surface area contributed by atoms with Crippen molar-refractivity contribution in [1.29, 1.82) is 0 Å². The third-order valence-corrected chi connectivity index (χ3v) is 7.46. The summed E-state index contributed by atoms with van der Waals surface area (Å²) in [4.78, 5) is 19.9. The van der Waals surface area contributed by atoms with Gasteiger partial charge in [0.25, 0.3) is 0 Å². The summed E-state index contributed by atoms with van der Waals surface area (Å²) in [5.74, 6) is 1.40. The van der Waals surface area contributed by atoms with Gasteiger partial charge in [-0.05, 0) is 23.3 Å². The van der Waals surface area contributed by atoms with Crippen LogP contribution in [0.2, 0.25) is 0 Å². The molecule has 2 aromatic heterocycles. The Labute approximate surface area is 231 Å². The Hall–Kier alpha value is -5.48. The topological polar surface area (TPSA) is 51.6 Å². The maximum absolute atomic E-state index is 5.05. The van der Waals surface area contributed by atoms with Gasteiger partial charge < -0.3 is 0 Å². The molecule has 0 radical (unpaired) electrons. The zero-order valence-corrected chi connectivity index (χ0v) is 21.5. The molecular weight excluding hydrogens is 488 g/mol. The molecule has 0 saturated heterocycles. The van der Waals surface area contributed by atoms with Crippen LogP contribution in [0.25, 0.3) is 78.6 Å². The second kappa shape index (κ2) is 9.07. The van der Waals surface area contributed by atoms with Crippen molar-refractivity contribution in [2.75, 3.05) is 0 Å². The summed E-state index contributed by atoms with van der Waals surface area (Å²) in [6.45, 7) is 0. The van der Waals surface area contributed by atoms with Crippen molar-refractivity contribution in [3.05, 3.63) is 133 Å². The molecule has 0 unspecified atom stereocenters. The monoisotopic (exact) mass is 510 g/mol. The van der Waals surface area contributed by atoms with Gasteiger partial charge >= 0.3 is 0 Å². The molecule has 0 N–H and O–H groups in total. The Balaban J connectivity index is 1.22. The second-order valence-corrected chi connectivity index (χ2v) is 9.91. The number of rotatable bonds is 4. The minimum Gasteiger partial charge on any atom is -0.228 e. The first-order valence-corrected chi connectivity index (χ1v) is 13.3. The van der Waals surface area contributed by atoms with E-state index in [1.807, 2.05) is 36.4 Å². The van der Waals surface area contributed by atoms with Gasteiger partial charge in [-0.1, -0.05) is 121 Å². The lowest BCUT2D eigenvalue weighted by Crippen LogP contribution is -1.96. The molecule has 4 nitrogen and oxygen atoms in total. The molecule has 0 bridgehead atoms. The standard InChI is InChI=1S/C36H22N4/c1-3-10-23(11-4-1)31-22-32(24-12-5-2-6-13-24)39-35(38-31)25-18-20-26(21-19-25)36-37-30-17-9-16-28-27-14-7-8-15-29(27)34(40-36)33(28)30/h1-22H. The van der Waals surface area contributed by atoms with Crippen molar-refractivity contribution in [2.45, 2.75) is 0 Å². The molecule has 4 heteroatoms. The van der Waals surface area contributed by atoms with Crippen molar-refractivity contribution in [3.63, 3.8) is 0 Å². The first-order chi connectivity index (χ1) is 19.8. The first kappa shape index (κ1) is 22.5. The van der Waals surface area contributed by atoms with Gasteiger partial charge in [0.05, 0.1) is 22.6 Å². The largest absolute Gasteiger partial charge is 0.228 e. The van der Waals surface area contributed by atoms with E-state index < -0.39 is 0 Å². The zero-order chi connectivity index (χ0) is 26.5. The molecule has 2 heterocycles. The third kappa shape index (κ3) is 3.69. The normalized spacial score (nSPS) is 11.5. The van der Waals surface area contributed by atoms with E-state index in [1.165, 1.54) is 11.1 Å². The molecule has 0 saturated carbocycles. The SMILES string of the molecule is c1ccc(-c2cc(-c3ccccc3)nc(-c3ccc(-c4nc5c6c(cccc6n4)-c4ccccc4-5)cc3)n2)cc1. The van der Waals surface area contributed by atoms with Crippen molar-refractivity contribution in [2.24, 2.45) is 0 Å². The van der Waals surface area contributed by atoms with Crippen LogP contribution in [0.1, 0.15) is 0 Å². The van der Waals surface area contributed by atoms with E-state index in [0.717, 1.165) is 55.8 Å². The predicted molar refractivity (Wildman–Crippen MR) is 161 cm³/mol. The lowest BCUT2D eigenvalue weighted by molar-refractivity contribution is 1.18. The highest BCUT2D eigenvalue weighted by Gasteiger charge is 2.24. The van der Waals surface area contributed by atoms with Crippen molar-refractivity contribution < 1.29 is 0 Å². The van der Waals surface area contributed by atoms with Crippen LogP contribution in [0.3, 0.4) is 0 Å². The highest BCUT2D eigenvalue weighted by Crippen LogP contribution is 2.46. The molecule has 0 atom stereocenters. The third-order valence-electron chi connectivity index (χ3n) is 7.46. The van der Waals surface area contributed by atoms with E-state index in [9.17, 15) is 0 Å². The molecule has 0 fully saturated rings. The van der Waals surface area contributed by atoms with Gasteiger partial charge in [0.1, 0.15) is 0 Å². The maximum Gasteiger partial charge on any atom is 0.160 e.